The number of benzene rings is 2. The monoisotopic (exact) mass is 396 g/mol. The van der Waals surface area contributed by atoms with Crippen LogP contribution >= 0.6 is 0 Å². The summed E-state index contributed by atoms with van der Waals surface area (Å²) in [5.74, 6) is 2.27. The molecule has 2 aromatic carbocycles. The molecule has 1 aromatic heterocycles. The Kier molecular flexibility index (Phi) is 5.67. The highest BCUT2D eigenvalue weighted by molar-refractivity contribution is 5.93. The number of methoxy groups -OCH3 is 2. The maximum absolute atomic E-state index is 12.6. The van der Waals surface area contributed by atoms with Gasteiger partial charge in [-0.1, -0.05) is 29.4 Å². The molecule has 0 radical (unpaired) electrons. The lowest BCUT2D eigenvalue weighted by Gasteiger charge is -2.14. The van der Waals surface area contributed by atoms with Crippen molar-refractivity contribution in [2.75, 3.05) is 33.9 Å². The number of amides is 1. The predicted molar refractivity (Wildman–Crippen MR) is 107 cm³/mol. The Morgan fingerprint density at radius 2 is 1.93 bits per heavy atom. The molecule has 29 heavy (non-hydrogen) atoms. The first-order chi connectivity index (χ1) is 14.2. The van der Waals surface area contributed by atoms with E-state index in [1.54, 1.807) is 25.2 Å². The molecule has 1 atom stereocenters. The third-order valence-electron chi connectivity index (χ3n) is 5.19. The molecule has 0 aliphatic carbocycles. The Labute approximate surface area is 169 Å². The van der Waals surface area contributed by atoms with E-state index in [4.69, 9.17) is 18.7 Å². The molecule has 3 aromatic rings. The van der Waals surface area contributed by atoms with E-state index in [1.165, 1.54) is 0 Å². The Hall–Kier alpha value is -3.06. The van der Waals surface area contributed by atoms with E-state index >= 15 is 0 Å². The van der Waals surface area contributed by atoms with Crippen molar-refractivity contribution in [1.29, 1.82) is 0 Å². The SMILES string of the molecule is COCC1CCN(C(=O)c2cc(COc3ccc(OC)c4ccccc34)on2)C1. The van der Waals surface area contributed by atoms with E-state index in [1.807, 2.05) is 36.4 Å². The molecular formula is C22H24N2O5. The first-order valence-corrected chi connectivity index (χ1v) is 9.62. The van der Waals surface area contributed by atoms with E-state index in [0.29, 0.717) is 42.8 Å². The van der Waals surface area contributed by atoms with E-state index in [0.717, 1.165) is 22.9 Å². The third kappa shape index (κ3) is 4.05. The lowest BCUT2D eigenvalue weighted by Crippen LogP contribution is -2.29. The molecule has 1 saturated heterocycles. The molecule has 0 N–H and O–H groups in total. The lowest BCUT2D eigenvalue weighted by atomic mass is 10.1. The number of carbonyl (C=O) groups is 1. The normalized spacial score (nSPS) is 16.3. The van der Waals surface area contributed by atoms with Gasteiger partial charge in [-0.05, 0) is 18.6 Å². The van der Waals surface area contributed by atoms with Gasteiger partial charge in [0, 0.05) is 43.0 Å². The van der Waals surface area contributed by atoms with Crippen LogP contribution in [0.1, 0.15) is 22.7 Å². The fourth-order valence-electron chi connectivity index (χ4n) is 3.73. The molecule has 4 rings (SSSR count). The standard InChI is InChI=1S/C22H24N2O5/c1-26-13-15-9-10-24(12-15)22(25)19-11-16(29-23-19)14-28-21-8-7-20(27-2)17-5-3-4-6-18(17)21/h3-8,11,15H,9-10,12-14H2,1-2H3. The van der Waals surface area contributed by atoms with Crippen LogP contribution in [0.25, 0.3) is 10.8 Å². The summed E-state index contributed by atoms with van der Waals surface area (Å²) in [6, 6.07) is 13.3. The quantitative estimate of drug-likeness (QED) is 0.608. The number of likely N-dealkylation sites (tertiary alicyclic amines) is 1. The van der Waals surface area contributed by atoms with Gasteiger partial charge in [0.05, 0.1) is 13.7 Å². The zero-order chi connectivity index (χ0) is 20.2. The second-order valence-corrected chi connectivity index (χ2v) is 7.14. The smallest absolute Gasteiger partial charge is 0.276 e. The van der Waals surface area contributed by atoms with Gasteiger partial charge in [-0.3, -0.25) is 4.79 Å². The second-order valence-electron chi connectivity index (χ2n) is 7.14. The molecule has 1 fully saturated rings. The minimum atomic E-state index is -0.117. The van der Waals surface area contributed by atoms with E-state index in [9.17, 15) is 4.79 Å². The highest BCUT2D eigenvalue weighted by Gasteiger charge is 2.28. The third-order valence-corrected chi connectivity index (χ3v) is 5.19. The Morgan fingerprint density at radius 3 is 2.69 bits per heavy atom. The Balaban J connectivity index is 1.43. The summed E-state index contributed by atoms with van der Waals surface area (Å²) in [5, 5.41) is 5.86. The zero-order valence-electron chi connectivity index (χ0n) is 16.6. The van der Waals surface area contributed by atoms with Gasteiger partial charge in [-0.25, -0.2) is 0 Å². The number of carbonyl (C=O) groups excluding carboxylic acids is 1. The Bertz CT molecular complexity index is 1000. The molecular weight excluding hydrogens is 372 g/mol. The number of rotatable bonds is 7. The Morgan fingerprint density at radius 1 is 1.17 bits per heavy atom. The van der Waals surface area contributed by atoms with Gasteiger partial charge in [0.25, 0.3) is 5.91 Å². The van der Waals surface area contributed by atoms with Gasteiger partial charge in [-0.15, -0.1) is 0 Å². The van der Waals surface area contributed by atoms with Crippen molar-refractivity contribution in [3.8, 4) is 11.5 Å². The van der Waals surface area contributed by atoms with Crippen LogP contribution in [-0.2, 0) is 11.3 Å². The number of fused-ring (bicyclic) bond motifs is 1. The van der Waals surface area contributed by atoms with Gasteiger partial charge < -0.3 is 23.6 Å². The second kappa shape index (κ2) is 8.53. The highest BCUT2D eigenvalue weighted by atomic mass is 16.5. The topological polar surface area (TPSA) is 74.0 Å². The van der Waals surface area contributed by atoms with Crippen molar-refractivity contribution >= 4 is 16.7 Å². The summed E-state index contributed by atoms with van der Waals surface area (Å²) in [7, 11) is 3.33. The van der Waals surface area contributed by atoms with E-state index in [2.05, 4.69) is 5.16 Å². The fourth-order valence-corrected chi connectivity index (χ4v) is 3.73. The van der Waals surface area contributed by atoms with Gasteiger partial charge in [-0.2, -0.15) is 0 Å². The summed E-state index contributed by atoms with van der Waals surface area (Å²) in [4.78, 5) is 14.4. The summed E-state index contributed by atoms with van der Waals surface area (Å²) in [6.07, 6.45) is 0.942. The van der Waals surface area contributed by atoms with Crippen LogP contribution in [0.4, 0.5) is 0 Å². The average molecular weight is 396 g/mol. The number of aromatic nitrogens is 1. The van der Waals surface area contributed by atoms with Crippen LogP contribution in [0.5, 0.6) is 11.5 Å². The highest BCUT2D eigenvalue weighted by Crippen LogP contribution is 2.33. The first-order valence-electron chi connectivity index (χ1n) is 9.62. The van der Waals surface area contributed by atoms with Crippen molar-refractivity contribution in [3.05, 3.63) is 53.9 Å². The molecule has 1 amide bonds. The van der Waals surface area contributed by atoms with Gasteiger partial charge in [0.15, 0.2) is 11.5 Å². The van der Waals surface area contributed by atoms with Crippen molar-refractivity contribution in [3.63, 3.8) is 0 Å². The largest absolute Gasteiger partial charge is 0.496 e. The summed E-state index contributed by atoms with van der Waals surface area (Å²) in [6.45, 7) is 2.24. The van der Waals surface area contributed by atoms with Crippen molar-refractivity contribution in [2.45, 2.75) is 13.0 Å². The molecule has 0 bridgehead atoms. The minimum absolute atomic E-state index is 0.117. The van der Waals surface area contributed by atoms with Gasteiger partial charge >= 0.3 is 0 Å². The molecule has 152 valence electrons. The van der Waals surface area contributed by atoms with E-state index in [-0.39, 0.29) is 12.5 Å². The van der Waals surface area contributed by atoms with Crippen LogP contribution in [0.3, 0.4) is 0 Å². The van der Waals surface area contributed by atoms with Crippen LogP contribution in [0, 0.1) is 5.92 Å². The maximum Gasteiger partial charge on any atom is 0.276 e. The van der Waals surface area contributed by atoms with Crippen molar-refractivity contribution in [1.82, 2.24) is 10.1 Å². The summed E-state index contributed by atoms with van der Waals surface area (Å²) in [5.41, 5.74) is 0.307. The molecule has 1 aliphatic heterocycles. The molecule has 2 heterocycles. The van der Waals surface area contributed by atoms with Crippen molar-refractivity contribution < 1.29 is 23.5 Å². The fraction of sp³-hybridized carbons (Fsp3) is 0.364. The molecule has 0 spiro atoms. The van der Waals surface area contributed by atoms with Crippen LogP contribution in [0.2, 0.25) is 0 Å². The number of hydrogen-bond acceptors (Lipinski definition) is 6. The summed E-state index contributed by atoms with van der Waals surface area (Å²) >= 11 is 0. The number of ether oxygens (including phenoxy) is 3. The van der Waals surface area contributed by atoms with Crippen LogP contribution in [-0.4, -0.2) is 49.9 Å². The van der Waals surface area contributed by atoms with Gasteiger partial charge in [0.2, 0.25) is 0 Å². The maximum atomic E-state index is 12.6. The minimum Gasteiger partial charge on any atom is -0.496 e. The lowest BCUT2D eigenvalue weighted by molar-refractivity contribution is 0.0765. The number of hydrogen-bond donors (Lipinski definition) is 0. The predicted octanol–water partition coefficient (Wildman–Crippen LogP) is 3.52. The molecule has 1 unspecified atom stereocenters. The molecule has 0 saturated carbocycles. The number of nitrogens with zero attached hydrogens (tertiary/aromatic N) is 2. The van der Waals surface area contributed by atoms with Gasteiger partial charge in [0.1, 0.15) is 18.1 Å². The van der Waals surface area contributed by atoms with Crippen LogP contribution < -0.4 is 9.47 Å². The van der Waals surface area contributed by atoms with E-state index < -0.39 is 0 Å². The molecule has 1 aliphatic rings. The van der Waals surface area contributed by atoms with Crippen LogP contribution in [0.15, 0.2) is 47.0 Å². The zero-order valence-corrected chi connectivity index (χ0v) is 16.6. The van der Waals surface area contributed by atoms with Crippen molar-refractivity contribution in [2.24, 2.45) is 5.92 Å². The summed E-state index contributed by atoms with van der Waals surface area (Å²) < 4.78 is 21.9. The first kappa shape index (κ1) is 19.3. The molecule has 7 heteroatoms. The molecule has 7 nitrogen and oxygen atoms in total. The average Bonchev–Trinajstić information content (AvgIpc) is 3.41.